The van der Waals surface area contributed by atoms with Crippen molar-refractivity contribution in [2.75, 3.05) is 6.61 Å². The Bertz CT molecular complexity index is 709. The van der Waals surface area contributed by atoms with Crippen LogP contribution in [-0.4, -0.2) is 15.0 Å². The van der Waals surface area contributed by atoms with Gasteiger partial charge in [-0.1, -0.05) is 30.9 Å². The molecule has 1 fully saturated rings. The predicted molar refractivity (Wildman–Crippen MR) is 90.6 cm³/mol. The van der Waals surface area contributed by atoms with Crippen LogP contribution < -0.4 is 9.46 Å². The minimum Gasteiger partial charge on any atom is -0.492 e. The highest BCUT2D eigenvalue weighted by atomic mass is 32.2. The van der Waals surface area contributed by atoms with Crippen LogP contribution in [0.15, 0.2) is 53.6 Å². The highest BCUT2D eigenvalue weighted by Crippen LogP contribution is 2.44. The molecule has 0 spiro atoms. The molecule has 23 heavy (non-hydrogen) atoms. The third-order valence-electron chi connectivity index (χ3n) is 4.35. The van der Waals surface area contributed by atoms with Crippen LogP contribution in [0.3, 0.4) is 0 Å². The average molecular weight is 333 g/mol. The summed E-state index contributed by atoms with van der Waals surface area (Å²) < 4.78 is 33.6. The molecule has 1 unspecified atom stereocenters. The molecule has 1 aliphatic heterocycles. The first-order valence-electron chi connectivity index (χ1n) is 8.18. The van der Waals surface area contributed by atoms with Crippen molar-refractivity contribution in [1.29, 1.82) is 0 Å². The van der Waals surface area contributed by atoms with E-state index < -0.39 is 10.0 Å². The summed E-state index contributed by atoms with van der Waals surface area (Å²) in [4.78, 5) is 0.184. The fourth-order valence-electron chi connectivity index (χ4n) is 2.92. The Balaban J connectivity index is 1.84. The number of allylic oxidation sites excluding steroid dienone is 3. The van der Waals surface area contributed by atoms with Gasteiger partial charge in [-0.05, 0) is 50.2 Å². The van der Waals surface area contributed by atoms with Crippen molar-refractivity contribution in [3.63, 3.8) is 0 Å². The zero-order valence-corrected chi connectivity index (χ0v) is 14.0. The van der Waals surface area contributed by atoms with Gasteiger partial charge in [0.1, 0.15) is 10.6 Å². The Morgan fingerprint density at radius 2 is 2.00 bits per heavy atom. The van der Waals surface area contributed by atoms with E-state index >= 15 is 0 Å². The third-order valence-corrected chi connectivity index (χ3v) is 5.79. The lowest BCUT2D eigenvalue weighted by Gasteiger charge is -2.14. The van der Waals surface area contributed by atoms with Crippen LogP contribution in [0.5, 0.6) is 5.75 Å². The molecule has 3 rings (SSSR count). The van der Waals surface area contributed by atoms with Gasteiger partial charge in [0.15, 0.2) is 0 Å². The SMILES string of the molecule is C=C1NS(=O)(=O)c2ccccc2OCCCCC/C=C\C2C[C@H]12. The number of hydrogen-bond acceptors (Lipinski definition) is 3. The smallest absolute Gasteiger partial charge is 0.265 e. The van der Waals surface area contributed by atoms with E-state index in [1.165, 1.54) is 0 Å². The van der Waals surface area contributed by atoms with Crippen LogP contribution in [0, 0.1) is 11.8 Å². The molecule has 1 aliphatic carbocycles. The lowest BCUT2D eigenvalue weighted by molar-refractivity contribution is 0.298. The number of para-hydroxylation sites is 1. The van der Waals surface area contributed by atoms with Crippen LogP contribution >= 0.6 is 0 Å². The monoisotopic (exact) mass is 333 g/mol. The summed E-state index contributed by atoms with van der Waals surface area (Å²) >= 11 is 0. The molecular weight excluding hydrogens is 310 g/mol. The van der Waals surface area contributed by atoms with Crippen LogP contribution in [0.4, 0.5) is 0 Å². The third kappa shape index (κ3) is 3.96. The number of benzene rings is 1. The summed E-state index contributed by atoms with van der Waals surface area (Å²) in [5, 5.41) is 0. The number of fused-ring (bicyclic) bond motifs is 2. The topological polar surface area (TPSA) is 55.4 Å². The van der Waals surface area contributed by atoms with E-state index in [9.17, 15) is 8.42 Å². The highest BCUT2D eigenvalue weighted by Gasteiger charge is 2.38. The first-order chi connectivity index (χ1) is 11.1. The molecule has 0 aromatic heterocycles. The molecule has 1 heterocycles. The normalized spacial score (nSPS) is 28.8. The first kappa shape index (κ1) is 16.1. The van der Waals surface area contributed by atoms with Crippen LogP contribution in [0.2, 0.25) is 0 Å². The first-order valence-corrected chi connectivity index (χ1v) is 9.66. The zero-order valence-electron chi connectivity index (χ0n) is 13.2. The van der Waals surface area contributed by atoms with E-state index in [0.29, 0.717) is 24.0 Å². The van der Waals surface area contributed by atoms with Crippen LogP contribution in [-0.2, 0) is 10.0 Å². The molecule has 4 nitrogen and oxygen atoms in total. The molecule has 0 saturated heterocycles. The predicted octanol–water partition coefficient (Wildman–Crippen LogP) is 3.62. The average Bonchev–Trinajstić information content (AvgIpc) is 3.29. The summed E-state index contributed by atoms with van der Waals surface area (Å²) in [6.45, 7) is 4.46. The van der Waals surface area contributed by atoms with Crippen molar-refractivity contribution in [2.45, 2.75) is 37.0 Å². The Morgan fingerprint density at radius 3 is 2.87 bits per heavy atom. The van der Waals surface area contributed by atoms with E-state index in [1.54, 1.807) is 24.3 Å². The molecule has 5 heteroatoms. The number of hydrogen-bond donors (Lipinski definition) is 1. The van der Waals surface area contributed by atoms with Gasteiger partial charge in [-0.2, -0.15) is 0 Å². The van der Waals surface area contributed by atoms with Gasteiger partial charge in [-0.25, -0.2) is 8.42 Å². The molecular formula is C18H23NO3S. The van der Waals surface area contributed by atoms with E-state index in [1.807, 2.05) is 0 Å². The van der Waals surface area contributed by atoms with Crippen molar-refractivity contribution >= 4 is 10.0 Å². The van der Waals surface area contributed by atoms with Crippen molar-refractivity contribution in [3.8, 4) is 5.75 Å². The summed E-state index contributed by atoms with van der Waals surface area (Å²) in [7, 11) is -3.65. The second-order valence-electron chi connectivity index (χ2n) is 6.21. The lowest BCUT2D eigenvalue weighted by atomic mass is 10.1. The molecule has 1 saturated carbocycles. The van der Waals surface area contributed by atoms with E-state index in [-0.39, 0.29) is 10.8 Å². The number of sulfonamides is 1. The lowest BCUT2D eigenvalue weighted by Crippen LogP contribution is -2.24. The number of nitrogens with one attached hydrogen (secondary N) is 1. The molecule has 2 atom stereocenters. The zero-order chi connectivity index (χ0) is 16.3. The van der Waals surface area contributed by atoms with Gasteiger partial charge >= 0.3 is 0 Å². The molecule has 0 radical (unpaired) electrons. The Kier molecular flexibility index (Phi) is 4.76. The summed E-state index contributed by atoms with van der Waals surface area (Å²) in [6.07, 6.45) is 9.59. The molecule has 0 bridgehead atoms. The quantitative estimate of drug-likeness (QED) is 0.738. The Morgan fingerprint density at radius 1 is 1.17 bits per heavy atom. The van der Waals surface area contributed by atoms with Crippen molar-refractivity contribution in [2.24, 2.45) is 11.8 Å². The molecule has 124 valence electrons. The molecule has 2 aliphatic rings. The van der Waals surface area contributed by atoms with Crippen LogP contribution in [0.1, 0.15) is 32.1 Å². The highest BCUT2D eigenvalue weighted by molar-refractivity contribution is 7.89. The fourth-order valence-corrected chi connectivity index (χ4v) is 4.17. The molecule has 0 amide bonds. The van der Waals surface area contributed by atoms with E-state index in [2.05, 4.69) is 23.5 Å². The van der Waals surface area contributed by atoms with Gasteiger partial charge in [-0.15, -0.1) is 0 Å². The Hall–Kier alpha value is -1.75. The maximum absolute atomic E-state index is 12.6. The fraction of sp³-hybridized carbons (Fsp3) is 0.444. The van der Waals surface area contributed by atoms with Gasteiger partial charge < -0.3 is 4.74 Å². The van der Waals surface area contributed by atoms with Gasteiger partial charge in [0.05, 0.1) is 6.61 Å². The minimum absolute atomic E-state index is 0.184. The van der Waals surface area contributed by atoms with Crippen molar-refractivity contribution in [1.82, 2.24) is 4.72 Å². The maximum Gasteiger partial charge on any atom is 0.265 e. The van der Waals surface area contributed by atoms with Crippen molar-refractivity contribution < 1.29 is 13.2 Å². The Labute approximate surface area is 138 Å². The van der Waals surface area contributed by atoms with Gasteiger partial charge in [0.25, 0.3) is 10.0 Å². The van der Waals surface area contributed by atoms with Gasteiger partial charge in [0.2, 0.25) is 0 Å². The second kappa shape index (κ2) is 6.79. The van der Waals surface area contributed by atoms with Crippen LogP contribution in [0.25, 0.3) is 0 Å². The van der Waals surface area contributed by atoms with E-state index in [0.717, 1.165) is 32.1 Å². The summed E-state index contributed by atoms with van der Waals surface area (Å²) in [6, 6.07) is 6.78. The van der Waals surface area contributed by atoms with E-state index in [4.69, 9.17) is 4.74 Å². The summed E-state index contributed by atoms with van der Waals surface area (Å²) in [5.41, 5.74) is 0.573. The second-order valence-corrected chi connectivity index (χ2v) is 7.86. The summed E-state index contributed by atoms with van der Waals surface area (Å²) in [5.74, 6) is 1.04. The minimum atomic E-state index is -3.65. The molecule has 1 aromatic rings. The molecule has 1 N–H and O–H groups in total. The maximum atomic E-state index is 12.6. The number of ether oxygens (including phenoxy) is 1. The van der Waals surface area contributed by atoms with Crippen molar-refractivity contribution in [3.05, 3.63) is 48.7 Å². The largest absolute Gasteiger partial charge is 0.492 e. The standard InChI is InChI=1S/C18H23NO3S/c1-14-16-13-15(16)9-5-3-2-4-8-12-22-17-10-6-7-11-18(17)23(20,21)19-14/h5-7,9-11,15-16,19H,1-4,8,12-13H2/b9-5-/t15?,16-/m1/s1. The van der Waals surface area contributed by atoms with Gasteiger partial charge in [-0.3, -0.25) is 4.72 Å². The number of rotatable bonds is 0. The molecule has 1 aromatic carbocycles. The van der Waals surface area contributed by atoms with Gasteiger partial charge in [0, 0.05) is 11.6 Å².